The Hall–Kier alpha value is -0.490. The Labute approximate surface area is 109 Å². The van der Waals surface area contributed by atoms with Gasteiger partial charge in [0.2, 0.25) is 0 Å². The van der Waals surface area contributed by atoms with E-state index >= 15 is 0 Å². The standard InChI is InChI=1S/C10H14BrNO3.ClH/c1-15-9-4-6(2-7(12)5-13)3-8(11)10(9)14;/h3-4,7,13-14H,2,5,12H2,1H3;1H. The van der Waals surface area contributed by atoms with Crippen LogP contribution in [0.2, 0.25) is 0 Å². The van der Waals surface area contributed by atoms with Gasteiger partial charge in [-0.05, 0) is 40.0 Å². The molecule has 1 aromatic rings. The van der Waals surface area contributed by atoms with Gasteiger partial charge < -0.3 is 20.7 Å². The van der Waals surface area contributed by atoms with E-state index in [1.807, 2.05) is 0 Å². The molecule has 0 amide bonds. The van der Waals surface area contributed by atoms with Gasteiger partial charge in [0.25, 0.3) is 0 Å². The molecule has 0 aliphatic rings. The van der Waals surface area contributed by atoms with Crippen LogP contribution < -0.4 is 10.5 Å². The molecule has 0 saturated heterocycles. The van der Waals surface area contributed by atoms with E-state index in [9.17, 15) is 5.11 Å². The number of hydrogen-bond acceptors (Lipinski definition) is 4. The molecule has 0 heterocycles. The van der Waals surface area contributed by atoms with Gasteiger partial charge in [-0.25, -0.2) is 0 Å². The highest BCUT2D eigenvalue weighted by Crippen LogP contribution is 2.35. The summed E-state index contributed by atoms with van der Waals surface area (Å²) in [6, 6.07) is 3.16. The molecule has 6 heteroatoms. The van der Waals surface area contributed by atoms with E-state index in [1.54, 1.807) is 12.1 Å². The summed E-state index contributed by atoms with van der Waals surface area (Å²) < 4.78 is 5.56. The second-order valence-electron chi connectivity index (χ2n) is 3.28. The van der Waals surface area contributed by atoms with Gasteiger partial charge in [-0.15, -0.1) is 12.4 Å². The van der Waals surface area contributed by atoms with Crippen LogP contribution >= 0.6 is 28.3 Å². The predicted molar refractivity (Wildman–Crippen MR) is 68.4 cm³/mol. The van der Waals surface area contributed by atoms with Crippen molar-refractivity contribution in [3.8, 4) is 11.5 Å². The van der Waals surface area contributed by atoms with Crippen LogP contribution in [0.5, 0.6) is 11.5 Å². The zero-order chi connectivity index (χ0) is 11.4. The molecular formula is C10H15BrClNO3. The summed E-state index contributed by atoms with van der Waals surface area (Å²) in [5.74, 6) is 0.461. The fourth-order valence-electron chi connectivity index (χ4n) is 1.27. The maximum Gasteiger partial charge on any atom is 0.172 e. The van der Waals surface area contributed by atoms with Crippen molar-refractivity contribution in [3.63, 3.8) is 0 Å². The van der Waals surface area contributed by atoms with Crippen molar-refractivity contribution in [1.82, 2.24) is 0 Å². The number of methoxy groups -OCH3 is 1. The first-order valence-corrected chi connectivity index (χ1v) is 5.29. The second kappa shape index (κ2) is 6.96. The number of ether oxygens (including phenoxy) is 1. The van der Waals surface area contributed by atoms with Crippen LogP contribution in [0.15, 0.2) is 16.6 Å². The van der Waals surface area contributed by atoms with Crippen LogP contribution in [0, 0.1) is 0 Å². The van der Waals surface area contributed by atoms with Gasteiger partial charge in [0.15, 0.2) is 11.5 Å². The zero-order valence-electron chi connectivity index (χ0n) is 8.81. The van der Waals surface area contributed by atoms with E-state index in [0.29, 0.717) is 16.6 Å². The summed E-state index contributed by atoms with van der Waals surface area (Å²) >= 11 is 3.22. The molecule has 1 atom stereocenters. The predicted octanol–water partition coefficient (Wildman–Crippen LogP) is 1.45. The van der Waals surface area contributed by atoms with E-state index < -0.39 is 0 Å². The first kappa shape index (κ1) is 15.5. The summed E-state index contributed by atoms with van der Waals surface area (Å²) in [6.07, 6.45) is 0.533. The summed E-state index contributed by atoms with van der Waals surface area (Å²) in [5, 5.41) is 18.4. The number of aromatic hydroxyl groups is 1. The summed E-state index contributed by atoms with van der Waals surface area (Å²) in [6.45, 7) is -0.0686. The van der Waals surface area contributed by atoms with Gasteiger partial charge in [0, 0.05) is 6.04 Å². The van der Waals surface area contributed by atoms with E-state index in [4.69, 9.17) is 15.6 Å². The minimum atomic E-state index is -0.300. The Kier molecular flexibility index (Phi) is 6.74. The third kappa shape index (κ3) is 3.83. The molecule has 4 nitrogen and oxygen atoms in total. The molecule has 1 unspecified atom stereocenters. The highest BCUT2D eigenvalue weighted by Gasteiger charge is 2.10. The van der Waals surface area contributed by atoms with Gasteiger partial charge >= 0.3 is 0 Å². The number of halogens is 2. The Bertz CT molecular complexity index is 349. The Morgan fingerprint density at radius 1 is 1.50 bits per heavy atom. The monoisotopic (exact) mass is 311 g/mol. The van der Waals surface area contributed by atoms with Crippen molar-refractivity contribution in [2.24, 2.45) is 5.73 Å². The molecule has 0 radical (unpaired) electrons. The largest absolute Gasteiger partial charge is 0.503 e. The van der Waals surface area contributed by atoms with E-state index in [-0.39, 0.29) is 30.8 Å². The van der Waals surface area contributed by atoms with Gasteiger partial charge in [0.1, 0.15) is 0 Å². The number of nitrogens with two attached hydrogens (primary N) is 1. The quantitative estimate of drug-likeness (QED) is 0.786. The number of aliphatic hydroxyl groups excluding tert-OH is 1. The fourth-order valence-corrected chi connectivity index (χ4v) is 1.76. The van der Waals surface area contributed by atoms with Crippen LogP contribution in [0.3, 0.4) is 0 Å². The number of phenols is 1. The molecule has 1 rings (SSSR count). The number of benzene rings is 1. The molecule has 0 spiro atoms. The number of hydrogen-bond donors (Lipinski definition) is 3. The molecule has 0 aromatic heterocycles. The molecule has 0 bridgehead atoms. The lowest BCUT2D eigenvalue weighted by Crippen LogP contribution is -2.26. The average molecular weight is 313 g/mol. The molecule has 0 aliphatic heterocycles. The van der Waals surface area contributed by atoms with Gasteiger partial charge in [-0.2, -0.15) is 0 Å². The topological polar surface area (TPSA) is 75.7 Å². The van der Waals surface area contributed by atoms with E-state index in [1.165, 1.54) is 7.11 Å². The summed E-state index contributed by atoms with van der Waals surface area (Å²) in [5.41, 5.74) is 6.52. The highest BCUT2D eigenvalue weighted by atomic mass is 79.9. The average Bonchev–Trinajstić information content (AvgIpc) is 2.22. The van der Waals surface area contributed by atoms with Crippen molar-refractivity contribution in [1.29, 1.82) is 0 Å². The molecule has 16 heavy (non-hydrogen) atoms. The van der Waals surface area contributed by atoms with Crippen LogP contribution in [-0.4, -0.2) is 30.0 Å². The normalized spacial score (nSPS) is 11.8. The zero-order valence-corrected chi connectivity index (χ0v) is 11.2. The van der Waals surface area contributed by atoms with Crippen LogP contribution in [-0.2, 0) is 6.42 Å². The summed E-state index contributed by atoms with van der Waals surface area (Å²) in [7, 11) is 1.48. The van der Waals surface area contributed by atoms with Crippen molar-refractivity contribution >= 4 is 28.3 Å². The van der Waals surface area contributed by atoms with Crippen molar-refractivity contribution in [3.05, 3.63) is 22.2 Å². The highest BCUT2D eigenvalue weighted by molar-refractivity contribution is 9.10. The molecule has 4 N–H and O–H groups in total. The van der Waals surface area contributed by atoms with Gasteiger partial charge in [-0.3, -0.25) is 0 Å². The maximum atomic E-state index is 9.56. The van der Waals surface area contributed by atoms with Crippen LogP contribution in [0.25, 0.3) is 0 Å². The fraction of sp³-hybridized carbons (Fsp3) is 0.400. The van der Waals surface area contributed by atoms with E-state index in [0.717, 1.165) is 5.56 Å². The third-order valence-electron chi connectivity index (χ3n) is 2.04. The van der Waals surface area contributed by atoms with Gasteiger partial charge in [0.05, 0.1) is 18.2 Å². The second-order valence-corrected chi connectivity index (χ2v) is 4.13. The lowest BCUT2D eigenvalue weighted by atomic mass is 10.1. The number of aliphatic hydroxyl groups is 1. The van der Waals surface area contributed by atoms with Gasteiger partial charge in [-0.1, -0.05) is 0 Å². The SMILES string of the molecule is COc1cc(CC(N)CO)cc(Br)c1O.Cl. The number of phenolic OH excluding ortho intramolecular Hbond substituents is 1. The first-order valence-electron chi connectivity index (χ1n) is 4.50. The maximum absolute atomic E-state index is 9.56. The van der Waals surface area contributed by atoms with Crippen molar-refractivity contribution in [2.45, 2.75) is 12.5 Å². The lowest BCUT2D eigenvalue weighted by Gasteiger charge is -2.11. The molecular weight excluding hydrogens is 297 g/mol. The number of rotatable bonds is 4. The molecule has 0 saturated carbocycles. The van der Waals surface area contributed by atoms with Crippen LogP contribution in [0.1, 0.15) is 5.56 Å². The first-order chi connectivity index (χ1) is 7.08. The Balaban J connectivity index is 0.00000225. The Morgan fingerprint density at radius 2 is 2.12 bits per heavy atom. The van der Waals surface area contributed by atoms with Crippen molar-refractivity contribution in [2.75, 3.05) is 13.7 Å². The smallest absolute Gasteiger partial charge is 0.172 e. The third-order valence-corrected chi connectivity index (χ3v) is 2.65. The molecule has 1 aromatic carbocycles. The van der Waals surface area contributed by atoms with E-state index in [2.05, 4.69) is 15.9 Å². The summed E-state index contributed by atoms with van der Waals surface area (Å²) in [4.78, 5) is 0. The lowest BCUT2D eigenvalue weighted by molar-refractivity contribution is 0.265. The van der Waals surface area contributed by atoms with Crippen molar-refractivity contribution < 1.29 is 14.9 Å². The minimum absolute atomic E-state index is 0. The molecule has 0 fully saturated rings. The molecule has 0 aliphatic carbocycles. The Morgan fingerprint density at radius 3 is 2.62 bits per heavy atom. The van der Waals surface area contributed by atoms with Crippen LogP contribution in [0.4, 0.5) is 0 Å². The molecule has 92 valence electrons. The minimum Gasteiger partial charge on any atom is -0.503 e.